The van der Waals surface area contributed by atoms with Gasteiger partial charge in [0.1, 0.15) is 6.61 Å². The Balaban J connectivity index is 4.32. The van der Waals surface area contributed by atoms with Gasteiger partial charge < -0.3 is 14.2 Å². The van der Waals surface area contributed by atoms with E-state index in [1.54, 1.807) is 0 Å². The maximum atomic E-state index is 12.8. The fraction of sp³-hybridized carbons (Fsp3) is 0.738. The number of unbranched alkanes of at least 4 members (excludes halogenated alkanes) is 26. The molecule has 5 heteroatoms. The molecule has 0 saturated heterocycles. The van der Waals surface area contributed by atoms with Crippen molar-refractivity contribution in [1.29, 1.82) is 0 Å². The standard InChI is InChI=1S/C61H106O5/c1-4-7-10-13-16-19-22-25-27-29-30-31-33-35-38-41-44-47-50-53-56-64-57-59(66-61(63)55-52-49-46-43-40-36-24-21-18-15-12-9-6-3)58-65-60(62)54-51-48-45-42-39-37-34-32-28-26-23-20-17-14-11-8-5-2/h9,12,16,18-19,21,25,27,30-31,36,40,46,49,59H,4-8,10-11,13-15,17,20,22-24,26,28-29,32-35,37-39,41-45,47-48,50-58H2,1-3H3/b12-9-,19-16-,21-18-,27-25-,31-30-,40-36-,49-46-. The molecule has 0 aromatic carbocycles. The highest BCUT2D eigenvalue weighted by molar-refractivity contribution is 5.70. The van der Waals surface area contributed by atoms with Crippen LogP contribution < -0.4 is 0 Å². The molecule has 66 heavy (non-hydrogen) atoms. The SMILES string of the molecule is CC/C=C\C/C=C\C/C=C\C/C=C\CCC(=O)OC(COCCCCCCCCC/C=C\C/C=C\C/C=C\CCCCC)COC(=O)CCCCCCCCCCCCCCCCCCC. The molecule has 0 aliphatic heterocycles. The third-order valence-electron chi connectivity index (χ3n) is 11.9. The molecular formula is C61H106O5. The monoisotopic (exact) mass is 919 g/mol. The molecule has 0 rings (SSSR count). The van der Waals surface area contributed by atoms with Crippen molar-refractivity contribution in [3.05, 3.63) is 85.1 Å². The van der Waals surface area contributed by atoms with Crippen molar-refractivity contribution < 1.29 is 23.8 Å². The Labute approximate surface area is 409 Å². The summed E-state index contributed by atoms with van der Waals surface area (Å²) in [5.41, 5.74) is 0. The first-order valence-electron chi connectivity index (χ1n) is 28.1. The van der Waals surface area contributed by atoms with Crippen molar-refractivity contribution in [3.63, 3.8) is 0 Å². The largest absolute Gasteiger partial charge is 0.462 e. The second-order valence-electron chi connectivity index (χ2n) is 18.5. The van der Waals surface area contributed by atoms with E-state index in [2.05, 4.69) is 99.8 Å². The van der Waals surface area contributed by atoms with Gasteiger partial charge in [-0.3, -0.25) is 9.59 Å². The van der Waals surface area contributed by atoms with Crippen LogP contribution in [0.15, 0.2) is 85.1 Å². The lowest BCUT2D eigenvalue weighted by atomic mass is 10.0. The van der Waals surface area contributed by atoms with Crippen LogP contribution in [-0.2, 0) is 23.8 Å². The van der Waals surface area contributed by atoms with E-state index < -0.39 is 6.10 Å². The predicted molar refractivity (Wildman–Crippen MR) is 288 cm³/mol. The van der Waals surface area contributed by atoms with Crippen LogP contribution in [0.1, 0.15) is 265 Å². The number of carbonyl (C=O) groups is 2. The highest BCUT2D eigenvalue weighted by Crippen LogP contribution is 2.15. The van der Waals surface area contributed by atoms with Crippen molar-refractivity contribution in [2.75, 3.05) is 19.8 Å². The molecule has 0 amide bonds. The Morgan fingerprint density at radius 2 is 0.712 bits per heavy atom. The van der Waals surface area contributed by atoms with Gasteiger partial charge in [0, 0.05) is 19.4 Å². The van der Waals surface area contributed by atoms with E-state index in [9.17, 15) is 9.59 Å². The summed E-state index contributed by atoms with van der Waals surface area (Å²) in [6.45, 7) is 7.61. The topological polar surface area (TPSA) is 61.8 Å². The zero-order valence-electron chi connectivity index (χ0n) is 43.7. The predicted octanol–water partition coefficient (Wildman–Crippen LogP) is 19.2. The molecule has 0 spiro atoms. The van der Waals surface area contributed by atoms with Crippen LogP contribution in [0.5, 0.6) is 0 Å². The molecule has 5 nitrogen and oxygen atoms in total. The lowest BCUT2D eigenvalue weighted by Crippen LogP contribution is -2.30. The van der Waals surface area contributed by atoms with Crippen molar-refractivity contribution in [3.8, 4) is 0 Å². The number of ether oxygens (including phenoxy) is 3. The van der Waals surface area contributed by atoms with Crippen molar-refractivity contribution in [2.24, 2.45) is 0 Å². The van der Waals surface area contributed by atoms with Gasteiger partial charge in [-0.1, -0.05) is 254 Å². The molecule has 1 atom stereocenters. The smallest absolute Gasteiger partial charge is 0.306 e. The van der Waals surface area contributed by atoms with Crippen molar-refractivity contribution >= 4 is 11.9 Å². The second kappa shape index (κ2) is 56.4. The Kier molecular flexibility index (Phi) is 53.9. The minimum atomic E-state index is -0.582. The number of hydrogen-bond acceptors (Lipinski definition) is 5. The van der Waals surface area contributed by atoms with Crippen LogP contribution in [0.4, 0.5) is 0 Å². The molecule has 0 fully saturated rings. The summed E-state index contributed by atoms with van der Waals surface area (Å²) in [5.74, 6) is -0.490. The lowest BCUT2D eigenvalue weighted by Gasteiger charge is -2.18. The summed E-state index contributed by atoms with van der Waals surface area (Å²) in [6.07, 6.45) is 74.7. The highest BCUT2D eigenvalue weighted by Gasteiger charge is 2.17. The van der Waals surface area contributed by atoms with Crippen LogP contribution in [0.25, 0.3) is 0 Å². The van der Waals surface area contributed by atoms with Gasteiger partial charge in [-0.25, -0.2) is 0 Å². The summed E-state index contributed by atoms with van der Waals surface area (Å²) >= 11 is 0. The average Bonchev–Trinajstić information content (AvgIpc) is 3.32. The van der Waals surface area contributed by atoms with E-state index in [1.165, 1.54) is 161 Å². The Morgan fingerprint density at radius 1 is 0.348 bits per heavy atom. The summed E-state index contributed by atoms with van der Waals surface area (Å²) in [5, 5.41) is 0. The molecule has 1 unspecified atom stereocenters. The van der Waals surface area contributed by atoms with Crippen LogP contribution in [0, 0.1) is 0 Å². The molecule has 0 aromatic heterocycles. The number of carbonyl (C=O) groups excluding carboxylic acids is 2. The van der Waals surface area contributed by atoms with E-state index in [0.717, 1.165) is 64.2 Å². The summed E-state index contributed by atoms with van der Waals surface area (Å²) in [6, 6.07) is 0. The van der Waals surface area contributed by atoms with E-state index in [-0.39, 0.29) is 25.2 Å². The quantitative estimate of drug-likeness (QED) is 0.0346. The maximum absolute atomic E-state index is 12.8. The molecule has 0 radical (unpaired) electrons. The fourth-order valence-corrected chi connectivity index (χ4v) is 7.77. The molecule has 380 valence electrons. The zero-order valence-corrected chi connectivity index (χ0v) is 43.7. The van der Waals surface area contributed by atoms with Crippen LogP contribution in [-0.4, -0.2) is 37.9 Å². The Bertz CT molecular complexity index is 1220. The first-order chi connectivity index (χ1) is 32.6. The number of allylic oxidation sites excluding steroid dienone is 14. The van der Waals surface area contributed by atoms with Crippen LogP contribution in [0.3, 0.4) is 0 Å². The zero-order chi connectivity index (χ0) is 47.7. The average molecular weight is 920 g/mol. The number of esters is 2. The van der Waals surface area contributed by atoms with E-state index >= 15 is 0 Å². The van der Waals surface area contributed by atoms with E-state index in [0.29, 0.717) is 25.9 Å². The van der Waals surface area contributed by atoms with Gasteiger partial charge in [0.25, 0.3) is 0 Å². The van der Waals surface area contributed by atoms with E-state index in [4.69, 9.17) is 14.2 Å². The van der Waals surface area contributed by atoms with Gasteiger partial charge in [-0.15, -0.1) is 0 Å². The van der Waals surface area contributed by atoms with Crippen LogP contribution in [0.2, 0.25) is 0 Å². The maximum Gasteiger partial charge on any atom is 0.306 e. The summed E-state index contributed by atoms with van der Waals surface area (Å²) < 4.78 is 17.4. The third-order valence-corrected chi connectivity index (χ3v) is 11.9. The fourth-order valence-electron chi connectivity index (χ4n) is 7.77. The first kappa shape index (κ1) is 63.1. The second-order valence-corrected chi connectivity index (χ2v) is 18.5. The van der Waals surface area contributed by atoms with Gasteiger partial charge in [0.2, 0.25) is 0 Å². The molecule has 0 aliphatic rings. The molecule has 0 heterocycles. The minimum absolute atomic E-state index is 0.0518. The molecular weight excluding hydrogens is 813 g/mol. The molecule has 0 N–H and O–H groups in total. The van der Waals surface area contributed by atoms with Crippen molar-refractivity contribution in [1.82, 2.24) is 0 Å². The molecule has 0 saturated carbocycles. The molecule has 0 aromatic rings. The molecule has 0 aliphatic carbocycles. The van der Waals surface area contributed by atoms with Gasteiger partial charge in [-0.05, 0) is 83.5 Å². The minimum Gasteiger partial charge on any atom is -0.462 e. The normalized spacial score (nSPS) is 12.8. The van der Waals surface area contributed by atoms with Crippen LogP contribution >= 0.6 is 0 Å². The number of rotatable bonds is 51. The summed E-state index contributed by atoms with van der Waals surface area (Å²) in [4.78, 5) is 25.4. The first-order valence-corrected chi connectivity index (χ1v) is 28.1. The molecule has 0 bridgehead atoms. The van der Waals surface area contributed by atoms with Crippen molar-refractivity contribution in [2.45, 2.75) is 271 Å². The number of hydrogen-bond donors (Lipinski definition) is 0. The van der Waals surface area contributed by atoms with Gasteiger partial charge in [-0.2, -0.15) is 0 Å². The lowest BCUT2D eigenvalue weighted by molar-refractivity contribution is -0.162. The van der Waals surface area contributed by atoms with Gasteiger partial charge in [0.05, 0.1) is 6.61 Å². The van der Waals surface area contributed by atoms with E-state index in [1.807, 2.05) is 6.08 Å². The highest BCUT2D eigenvalue weighted by atomic mass is 16.6. The summed E-state index contributed by atoms with van der Waals surface area (Å²) in [7, 11) is 0. The Morgan fingerprint density at radius 3 is 1.18 bits per heavy atom. The van der Waals surface area contributed by atoms with Gasteiger partial charge in [0.15, 0.2) is 6.10 Å². The third kappa shape index (κ3) is 53.7. The van der Waals surface area contributed by atoms with Gasteiger partial charge >= 0.3 is 11.9 Å². The Hall–Kier alpha value is -2.92.